The van der Waals surface area contributed by atoms with E-state index in [1.54, 1.807) is 0 Å². The average Bonchev–Trinajstić information content (AvgIpc) is 3.64. The van der Waals surface area contributed by atoms with Crippen molar-refractivity contribution < 1.29 is 4.42 Å². The summed E-state index contributed by atoms with van der Waals surface area (Å²) >= 11 is 0. The maximum atomic E-state index is 6.71. The van der Waals surface area contributed by atoms with Crippen LogP contribution in [-0.2, 0) is 0 Å². The van der Waals surface area contributed by atoms with E-state index in [1.165, 1.54) is 33.0 Å². The van der Waals surface area contributed by atoms with Gasteiger partial charge in [0.15, 0.2) is 0 Å². The molecule has 10 aromatic carbocycles. The summed E-state index contributed by atoms with van der Waals surface area (Å²) in [6, 6.07) is 82.3. The summed E-state index contributed by atoms with van der Waals surface area (Å²) in [5.74, 6) is 0. The van der Waals surface area contributed by atoms with E-state index in [0.717, 1.165) is 66.8 Å². The van der Waals surface area contributed by atoms with Gasteiger partial charge in [-0.2, -0.15) is 0 Å². The summed E-state index contributed by atoms with van der Waals surface area (Å²) in [7, 11) is 0. The zero-order chi connectivity index (χ0) is 39.1. The smallest absolute Gasteiger partial charge is 0.136 e. The molecule has 1 aromatic heterocycles. The topological polar surface area (TPSA) is 19.6 Å². The van der Waals surface area contributed by atoms with Crippen LogP contribution in [0.1, 0.15) is 0 Å². The Labute approximate surface area is 343 Å². The van der Waals surface area contributed by atoms with Gasteiger partial charge in [-0.25, -0.2) is 0 Å². The van der Waals surface area contributed by atoms with Gasteiger partial charge in [0.25, 0.3) is 0 Å². The van der Waals surface area contributed by atoms with E-state index in [4.69, 9.17) is 4.42 Å². The van der Waals surface area contributed by atoms with Crippen LogP contribution in [-0.4, -0.2) is 0 Å². The number of fused-ring (bicyclic) bond motifs is 5. The number of rotatable bonds is 8. The van der Waals surface area contributed by atoms with Crippen molar-refractivity contribution in [2.45, 2.75) is 0 Å². The summed E-state index contributed by atoms with van der Waals surface area (Å²) in [5, 5.41) is 6.81. The van der Waals surface area contributed by atoms with Crippen LogP contribution >= 0.6 is 0 Å². The molecule has 0 radical (unpaired) electrons. The summed E-state index contributed by atoms with van der Waals surface area (Å²) in [5.41, 5.74) is 13.1. The molecule has 0 fully saturated rings. The number of hydrogen-bond acceptors (Lipinski definition) is 3. The van der Waals surface area contributed by atoms with Gasteiger partial charge in [0.1, 0.15) is 11.2 Å². The van der Waals surface area contributed by atoms with E-state index in [0.29, 0.717) is 0 Å². The van der Waals surface area contributed by atoms with Crippen LogP contribution in [0.4, 0.5) is 34.1 Å². The first-order chi connectivity index (χ1) is 29.2. The van der Waals surface area contributed by atoms with Crippen LogP contribution in [0, 0.1) is 0 Å². The fourth-order valence-electron chi connectivity index (χ4n) is 8.47. The zero-order valence-electron chi connectivity index (χ0n) is 32.2. The Morgan fingerprint density at radius 2 is 0.593 bits per heavy atom. The normalized spacial score (nSPS) is 11.4. The van der Waals surface area contributed by atoms with E-state index in [2.05, 4.69) is 240 Å². The Bertz CT molecular complexity index is 3050. The van der Waals surface area contributed by atoms with Crippen molar-refractivity contribution in [3.05, 3.63) is 231 Å². The predicted octanol–water partition coefficient (Wildman–Crippen LogP) is 16.2. The molecular weight excluding hydrogens is 717 g/mol. The van der Waals surface area contributed by atoms with Gasteiger partial charge in [0.2, 0.25) is 0 Å². The molecule has 3 nitrogen and oxygen atoms in total. The number of benzene rings is 10. The first-order valence-corrected chi connectivity index (χ1v) is 20.1. The molecule has 11 aromatic rings. The first-order valence-electron chi connectivity index (χ1n) is 20.1. The van der Waals surface area contributed by atoms with Crippen LogP contribution in [0.3, 0.4) is 0 Å². The van der Waals surface area contributed by atoms with Gasteiger partial charge in [-0.15, -0.1) is 0 Å². The maximum Gasteiger partial charge on any atom is 0.136 e. The summed E-state index contributed by atoms with van der Waals surface area (Å²) in [6.45, 7) is 0. The van der Waals surface area contributed by atoms with Crippen molar-refractivity contribution in [2.24, 2.45) is 0 Å². The third-order valence-electron chi connectivity index (χ3n) is 11.3. The monoisotopic (exact) mass is 754 g/mol. The molecule has 0 aliphatic carbocycles. The molecule has 278 valence electrons. The molecule has 11 rings (SSSR count). The summed E-state index contributed by atoms with van der Waals surface area (Å²) < 4.78 is 6.71. The fraction of sp³-hybridized carbons (Fsp3) is 0. The van der Waals surface area contributed by atoms with Gasteiger partial charge in [0, 0.05) is 44.9 Å². The van der Waals surface area contributed by atoms with E-state index in [1.807, 2.05) is 0 Å². The molecule has 0 atom stereocenters. The van der Waals surface area contributed by atoms with Crippen LogP contribution < -0.4 is 9.80 Å². The number of para-hydroxylation sites is 2. The Morgan fingerprint density at radius 1 is 0.237 bits per heavy atom. The highest BCUT2D eigenvalue weighted by atomic mass is 16.3. The van der Waals surface area contributed by atoms with Gasteiger partial charge in [0.05, 0.1) is 0 Å². The standard InChI is InChI=1S/C56H38N2O/c1-5-15-39(16-6-1)41-19-13-25-49(31-41)57(47-21-9-3-10-22-47)51-29-27-43-35-53-54-36-44-28-30-52(34-46(44)38-56(54)59-55(53)37-45(43)33-51)58(48-23-11-4-12-24-48)50-26-14-20-42(32-50)40-17-7-2-8-18-40/h1-38H. The summed E-state index contributed by atoms with van der Waals surface area (Å²) in [6.07, 6.45) is 0. The van der Waals surface area contributed by atoms with Crippen LogP contribution in [0.2, 0.25) is 0 Å². The zero-order valence-corrected chi connectivity index (χ0v) is 32.2. The molecule has 0 unspecified atom stereocenters. The lowest BCUT2D eigenvalue weighted by Gasteiger charge is -2.26. The number of furan rings is 1. The van der Waals surface area contributed by atoms with Gasteiger partial charge >= 0.3 is 0 Å². The minimum atomic E-state index is 0.876. The first kappa shape index (κ1) is 34.4. The second kappa shape index (κ2) is 14.6. The third kappa shape index (κ3) is 6.45. The van der Waals surface area contributed by atoms with E-state index < -0.39 is 0 Å². The number of anilines is 6. The minimum absolute atomic E-state index is 0.876. The van der Waals surface area contributed by atoms with E-state index in [9.17, 15) is 0 Å². The van der Waals surface area contributed by atoms with E-state index >= 15 is 0 Å². The predicted molar refractivity (Wildman–Crippen MR) is 249 cm³/mol. The van der Waals surface area contributed by atoms with Crippen molar-refractivity contribution in [3.8, 4) is 22.3 Å². The highest BCUT2D eigenvalue weighted by molar-refractivity contribution is 6.14. The molecule has 59 heavy (non-hydrogen) atoms. The number of hydrogen-bond donors (Lipinski definition) is 0. The maximum absolute atomic E-state index is 6.71. The molecule has 0 bridgehead atoms. The lowest BCUT2D eigenvalue weighted by atomic mass is 10.0. The Hall–Kier alpha value is -7.88. The fourth-order valence-corrected chi connectivity index (χ4v) is 8.47. The highest BCUT2D eigenvalue weighted by Gasteiger charge is 2.18. The van der Waals surface area contributed by atoms with Gasteiger partial charge in [-0.3, -0.25) is 0 Å². The van der Waals surface area contributed by atoms with Crippen molar-refractivity contribution in [1.29, 1.82) is 0 Å². The Morgan fingerprint density at radius 3 is 1.02 bits per heavy atom. The van der Waals surface area contributed by atoms with Crippen molar-refractivity contribution >= 4 is 77.6 Å². The highest BCUT2D eigenvalue weighted by Crippen LogP contribution is 2.42. The van der Waals surface area contributed by atoms with Gasteiger partial charge < -0.3 is 14.2 Å². The number of nitrogens with zero attached hydrogens (tertiary/aromatic N) is 2. The van der Waals surface area contributed by atoms with Gasteiger partial charge in [-0.05, 0) is 141 Å². The second-order valence-electron chi connectivity index (χ2n) is 15.0. The molecular formula is C56H38N2O. The Kier molecular flexibility index (Phi) is 8.49. The lowest BCUT2D eigenvalue weighted by molar-refractivity contribution is 0.670. The van der Waals surface area contributed by atoms with Crippen LogP contribution in [0.5, 0.6) is 0 Å². The largest absolute Gasteiger partial charge is 0.456 e. The average molecular weight is 755 g/mol. The molecule has 0 spiro atoms. The Balaban J connectivity index is 0.997. The molecule has 0 amide bonds. The summed E-state index contributed by atoms with van der Waals surface area (Å²) in [4.78, 5) is 4.66. The second-order valence-corrected chi connectivity index (χ2v) is 15.0. The molecule has 0 saturated heterocycles. The molecule has 0 aliphatic heterocycles. The molecule has 0 saturated carbocycles. The third-order valence-corrected chi connectivity index (χ3v) is 11.3. The molecule has 3 heteroatoms. The molecule has 1 heterocycles. The van der Waals surface area contributed by atoms with Gasteiger partial charge in [-0.1, -0.05) is 133 Å². The van der Waals surface area contributed by atoms with Crippen LogP contribution in [0.25, 0.3) is 65.7 Å². The van der Waals surface area contributed by atoms with Crippen molar-refractivity contribution in [3.63, 3.8) is 0 Å². The van der Waals surface area contributed by atoms with Crippen molar-refractivity contribution in [2.75, 3.05) is 9.80 Å². The molecule has 0 N–H and O–H groups in total. The van der Waals surface area contributed by atoms with Crippen molar-refractivity contribution in [1.82, 2.24) is 0 Å². The van der Waals surface area contributed by atoms with E-state index in [-0.39, 0.29) is 0 Å². The lowest BCUT2D eigenvalue weighted by Crippen LogP contribution is -2.09. The SMILES string of the molecule is c1ccc(-c2cccc(N(c3ccccc3)c3ccc4cc5c(cc4c3)oc3cc4cc(N(c6ccccc6)c6cccc(-c7ccccc7)c6)ccc4cc35)c2)cc1. The van der Waals surface area contributed by atoms with Crippen LogP contribution in [0.15, 0.2) is 235 Å². The molecule has 0 aliphatic rings. The minimum Gasteiger partial charge on any atom is -0.456 e. The quantitative estimate of drug-likeness (QED) is 0.154.